The molecule has 9 aromatic carbocycles. The summed E-state index contributed by atoms with van der Waals surface area (Å²) in [4.78, 5) is 15.9. The van der Waals surface area contributed by atoms with Gasteiger partial charge in [0.1, 0.15) is 0 Å². The summed E-state index contributed by atoms with van der Waals surface area (Å²) < 4.78 is 2.50. The van der Waals surface area contributed by atoms with Gasteiger partial charge in [-0.05, 0) is 73.1 Å². The molecule has 0 saturated heterocycles. The van der Waals surface area contributed by atoms with Crippen molar-refractivity contribution in [3.8, 4) is 45.3 Å². The van der Waals surface area contributed by atoms with E-state index in [2.05, 4.69) is 158 Å². The van der Waals surface area contributed by atoms with Crippen LogP contribution in [0.15, 0.2) is 176 Å². The predicted molar refractivity (Wildman–Crippen MR) is 224 cm³/mol. The predicted octanol–water partition coefficient (Wildman–Crippen LogP) is 13.5. The first-order chi connectivity index (χ1) is 26.3. The molecule has 0 spiro atoms. The summed E-state index contributed by atoms with van der Waals surface area (Å²) in [6, 6.07) is 62.6. The first kappa shape index (κ1) is 29.9. The topological polar surface area (TPSA) is 38.7 Å². The lowest BCUT2D eigenvalue weighted by Gasteiger charge is -2.14. The maximum Gasteiger partial charge on any atom is 0.164 e. The smallest absolute Gasteiger partial charge is 0.164 e. The molecule has 0 aliphatic rings. The minimum Gasteiger partial charge on any atom is -0.208 e. The van der Waals surface area contributed by atoms with Crippen molar-refractivity contribution in [2.45, 2.75) is 0 Å². The lowest BCUT2D eigenvalue weighted by molar-refractivity contribution is 1.08. The van der Waals surface area contributed by atoms with Crippen LogP contribution in [0.1, 0.15) is 0 Å². The van der Waals surface area contributed by atoms with E-state index >= 15 is 0 Å². The zero-order valence-electron chi connectivity index (χ0n) is 28.5. The molecular weight excluding hydrogens is 663 g/mol. The Bertz CT molecular complexity index is 3220. The number of benzene rings is 9. The molecule has 11 rings (SSSR count). The molecule has 0 unspecified atom stereocenters. The molecule has 3 nitrogen and oxygen atoms in total. The lowest BCUT2D eigenvalue weighted by atomic mass is 9.94. The highest BCUT2D eigenvalue weighted by molar-refractivity contribution is 7.27. The molecule has 0 radical (unpaired) electrons. The average molecular weight is 692 g/mol. The molecule has 2 heterocycles. The van der Waals surface area contributed by atoms with E-state index in [4.69, 9.17) is 15.0 Å². The van der Waals surface area contributed by atoms with Gasteiger partial charge in [0.05, 0.1) is 0 Å². The average Bonchev–Trinajstić information content (AvgIpc) is 3.60. The Balaban J connectivity index is 1.25. The van der Waals surface area contributed by atoms with Crippen LogP contribution in [0.4, 0.5) is 0 Å². The maximum absolute atomic E-state index is 5.40. The third kappa shape index (κ3) is 4.84. The van der Waals surface area contributed by atoms with E-state index in [0.717, 1.165) is 27.5 Å². The molecular formula is C49H29N3S. The van der Waals surface area contributed by atoms with Crippen molar-refractivity contribution in [3.63, 3.8) is 0 Å². The van der Waals surface area contributed by atoms with Gasteiger partial charge in [0.15, 0.2) is 17.5 Å². The summed E-state index contributed by atoms with van der Waals surface area (Å²) in [5.74, 6) is 1.97. The maximum atomic E-state index is 5.40. The second-order valence-electron chi connectivity index (χ2n) is 13.6. The summed E-state index contributed by atoms with van der Waals surface area (Å²) in [5.41, 5.74) is 5.30. The summed E-state index contributed by atoms with van der Waals surface area (Å²) in [7, 11) is 0. The Hall–Kier alpha value is -6.75. The van der Waals surface area contributed by atoms with E-state index in [9.17, 15) is 0 Å². The minimum absolute atomic E-state index is 0.651. The van der Waals surface area contributed by atoms with Crippen molar-refractivity contribution in [3.05, 3.63) is 176 Å². The van der Waals surface area contributed by atoms with Gasteiger partial charge in [0, 0.05) is 42.2 Å². The number of fused-ring (bicyclic) bond motifs is 9. The van der Waals surface area contributed by atoms with Crippen LogP contribution in [-0.4, -0.2) is 15.0 Å². The number of thiophene rings is 1. The third-order valence-electron chi connectivity index (χ3n) is 10.5. The summed E-state index contributed by atoms with van der Waals surface area (Å²) in [5, 5.41) is 12.0. The van der Waals surface area contributed by atoms with Crippen LogP contribution in [0.3, 0.4) is 0 Å². The largest absolute Gasteiger partial charge is 0.208 e. The Kier molecular flexibility index (Phi) is 6.73. The second-order valence-corrected chi connectivity index (χ2v) is 14.6. The Labute approximate surface area is 309 Å². The molecule has 246 valence electrons. The van der Waals surface area contributed by atoms with E-state index in [1.165, 1.54) is 63.6 Å². The molecule has 0 amide bonds. The van der Waals surface area contributed by atoms with E-state index in [0.29, 0.717) is 17.5 Å². The molecule has 0 atom stereocenters. The highest BCUT2D eigenvalue weighted by atomic mass is 32.1. The molecule has 0 bridgehead atoms. The summed E-state index contributed by atoms with van der Waals surface area (Å²) in [6.45, 7) is 0. The molecule has 11 aromatic rings. The molecule has 53 heavy (non-hydrogen) atoms. The van der Waals surface area contributed by atoms with Crippen molar-refractivity contribution < 1.29 is 0 Å². The first-order valence-electron chi connectivity index (χ1n) is 17.9. The van der Waals surface area contributed by atoms with Gasteiger partial charge in [-0.1, -0.05) is 152 Å². The standard InChI is InChI=1S/C49H29N3S/c1-3-13-30(14-4-1)36-25-26-40(39-22-12-11-21-38(36)39)48-50-47(32-16-5-2-6-17-32)51-49(52-48)42-28-35-24-23-31-15-9-10-20-37(31)44(35)46-45(42)41-27-33-18-7-8-19-34(33)29-43(41)53-46/h1-29H. The van der Waals surface area contributed by atoms with Gasteiger partial charge in [0.2, 0.25) is 0 Å². The summed E-state index contributed by atoms with van der Waals surface area (Å²) >= 11 is 1.86. The minimum atomic E-state index is 0.651. The number of nitrogens with zero attached hydrogens (tertiary/aromatic N) is 3. The van der Waals surface area contributed by atoms with E-state index < -0.39 is 0 Å². The van der Waals surface area contributed by atoms with E-state index in [-0.39, 0.29) is 0 Å². The van der Waals surface area contributed by atoms with E-state index in [1.807, 2.05) is 29.5 Å². The molecule has 0 saturated carbocycles. The second kappa shape index (κ2) is 11.9. The van der Waals surface area contributed by atoms with Crippen molar-refractivity contribution in [1.29, 1.82) is 0 Å². The summed E-state index contributed by atoms with van der Waals surface area (Å²) in [6.07, 6.45) is 0. The Morgan fingerprint density at radius 1 is 0.321 bits per heavy atom. The van der Waals surface area contributed by atoms with E-state index in [1.54, 1.807) is 0 Å². The fourth-order valence-electron chi connectivity index (χ4n) is 7.99. The zero-order chi connectivity index (χ0) is 34.9. The molecule has 0 fully saturated rings. The Morgan fingerprint density at radius 3 is 1.62 bits per heavy atom. The van der Waals surface area contributed by atoms with Crippen molar-refractivity contribution >= 4 is 74.6 Å². The Morgan fingerprint density at radius 2 is 0.868 bits per heavy atom. The lowest BCUT2D eigenvalue weighted by Crippen LogP contribution is -2.01. The zero-order valence-corrected chi connectivity index (χ0v) is 29.3. The van der Waals surface area contributed by atoms with Gasteiger partial charge < -0.3 is 0 Å². The fraction of sp³-hybridized carbons (Fsp3) is 0. The van der Waals surface area contributed by atoms with Gasteiger partial charge >= 0.3 is 0 Å². The van der Waals surface area contributed by atoms with Gasteiger partial charge in [-0.2, -0.15) is 0 Å². The highest BCUT2D eigenvalue weighted by Gasteiger charge is 2.21. The van der Waals surface area contributed by atoms with Crippen molar-refractivity contribution in [2.75, 3.05) is 0 Å². The SMILES string of the molecule is c1ccc(-c2nc(-c3ccc(-c4ccccc4)c4ccccc34)nc(-c3cc4ccc5ccccc5c4c4sc5cc6ccccc6cc5c34)n2)cc1. The quantitative estimate of drug-likeness (QED) is 0.172. The van der Waals surface area contributed by atoms with Gasteiger partial charge in [-0.15, -0.1) is 11.3 Å². The normalized spacial score (nSPS) is 11.8. The number of aromatic nitrogens is 3. The van der Waals surface area contributed by atoms with Crippen molar-refractivity contribution in [2.24, 2.45) is 0 Å². The van der Waals surface area contributed by atoms with Crippen LogP contribution in [0, 0.1) is 0 Å². The molecule has 2 aromatic heterocycles. The van der Waals surface area contributed by atoms with Crippen LogP contribution < -0.4 is 0 Å². The number of rotatable bonds is 4. The molecule has 4 heteroatoms. The third-order valence-corrected chi connectivity index (χ3v) is 11.6. The molecule has 0 N–H and O–H groups in total. The highest BCUT2D eigenvalue weighted by Crippen LogP contribution is 2.47. The van der Waals surface area contributed by atoms with Crippen LogP contribution >= 0.6 is 11.3 Å². The van der Waals surface area contributed by atoms with Crippen LogP contribution in [0.25, 0.3) is 109 Å². The van der Waals surface area contributed by atoms with Gasteiger partial charge in [-0.25, -0.2) is 15.0 Å². The first-order valence-corrected chi connectivity index (χ1v) is 18.7. The van der Waals surface area contributed by atoms with Crippen molar-refractivity contribution in [1.82, 2.24) is 15.0 Å². The molecule has 0 aliphatic carbocycles. The van der Waals surface area contributed by atoms with Gasteiger partial charge in [0.25, 0.3) is 0 Å². The number of hydrogen-bond donors (Lipinski definition) is 0. The number of hydrogen-bond acceptors (Lipinski definition) is 4. The van der Waals surface area contributed by atoms with Gasteiger partial charge in [-0.3, -0.25) is 0 Å². The fourth-order valence-corrected chi connectivity index (χ4v) is 9.32. The van der Waals surface area contributed by atoms with Crippen LogP contribution in [-0.2, 0) is 0 Å². The monoisotopic (exact) mass is 691 g/mol. The molecule has 0 aliphatic heterocycles. The van der Waals surface area contributed by atoms with Crippen LogP contribution in [0.5, 0.6) is 0 Å². The van der Waals surface area contributed by atoms with Crippen LogP contribution in [0.2, 0.25) is 0 Å².